The van der Waals surface area contributed by atoms with Crippen molar-refractivity contribution in [3.05, 3.63) is 59.7 Å². The molecule has 0 bridgehead atoms. The van der Waals surface area contributed by atoms with Gasteiger partial charge in [0, 0.05) is 45.5 Å². The average Bonchev–Trinajstić information content (AvgIpc) is 2.72. The van der Waals surface area contributed by atoms with Crippen LogP contribution < -0.4 is 9.64 Å². The van der Waals surface area contributed by atoms with E-state index < -0.39 is 0 Å². The molecule has 152 valence electrons. The van der Waals surface area contributed by atoms with Crippen molar-refractivity contribution in [3.8, 4) is 5.75 Å². The maximum atomic E-state index is 5.98. The van der Waals surface area contributed by atoms with Gasteiger partial charge in [-0.15, -0.1) is 0 Å². The molecule has 0 aliphatic carbocycles. The lowest BCUT2D eigenvalue weighted by Crippen LogP contribution is -2.49. The molecule has 3 rings (SSSR count). The molecule has 1 atom stereocenters. The van der Waals surface area contributed by atoms with E-state index in [0.29, 0.717) is 12.5 Å². The van der Waals surface area contributed by atoms with Gasteiger partial charge in [0.1, 0.15) is 18.5 Å². The minimum Gasteiger partial charge on any atom is -0.491 e. The van der Waals surface area contributed by atoms with E-state index in [1.807, 2.05) is 0 Å². The van der Waals surface area contributed by atoms with Crippen LogP contribution in [0.2, 0.25) is 0 Å². The number of hydrogen-bond donors (Lipinski definition) is 0. The van der Waals surface area contributed by atoms with Gasteiger partial charge >= 0.3 is 0 Å². The van der Waals surface area contributed by atoms with E-state index >= 15 is 0 Å². The van der Waals surface area contributed by atoms with Crippen LogP contribution in [0.5, 0.6) is 5.75 Å². The van der Waals surface area contributed by atoms with E-state index in [2.05, 4.69) is 79.1 Å². The first-order valence-corrected chi connectivity index (χ1v) is 10.4. The van der Waals surface area contributed by atoms with Crippen LogP contribution in [0.3, 0.4) is 0 Å². The second-order valence-corrected chi connectivity index (χ2v) is 7.97. The molecule has 0 radical (unpaired) electrons. The average molecular weight is 383 g/mol. The van der Waals surface area contributed by atoms with Crippen LogP contribution >= 0.6 is 0 Å². The summed E-state index contributed by atoms with van der Waals surface area (Å²) in [5.41, 5.74) is 4.04. The van der Waals surface area contributed by atoms with Crippen LogP contribution in [0.15, 0.2) is 48.5 Å². The minimum absolute atomic E-state index is 0.0785. The van der Waals surface area contributed by atoms with Crippen molar-refractivity contribution in [1.82, 2.24) is 4.90 Å². The standard InChI is InChI=1S/C24H34N2O2/c1-19(2)21-9-11-22(12-10-21)28-18-23(27-4)17-25-13-15-26(16-14-25)24-8-6-5-7-20(24)3/h5-12,19,23H,13-18H2,1-4H3. The topological polar surface area (TPSA) is 24.9 Å². The normalized spacial score (nSPS) is 16.4. The molecule has 1 fully saturated rings. The van der Waals surface area contributed by atoms with E-state index in [4.69, 9.17) is 9.47 Å². The van der Waals surface area contributed by atoms with Crippen LogP contribution in [0, 0.1) is 6.92 Å². The summed E-state index contributed by atoms with van der Waals surface area (Å²) in [5.74, 6) is 1.45. The molecule has 0 amide bonds. The summed E-state index contributed by atoms with van der Waals surface area (Å²) in [6.07, 6.45) is 0.0785. The van der Waals surface area contributed by atoms with Gasteiger partial charge in [-0.25, -0.2) is 0 Å². The van der Waals surface area contributed by atoms with Crippen molar-refractivity contribution in [2.24, 2.45) is 0 Å². The van der Waals surface area contributed by atoms with E-state index in [-0.39, 0.29) is 6.10 Å². The molecule has 1 saturated heterocycles. The Kier molecular flexibility index (Phi) is 7.35. The third-order valence-corrected chi connectivity index (χ3v) is 5.61. The Morgan fingerprint density at radius 2 is 1.61 bits per heavy atom. The lowest BCUT2D eigenvalue weighted by Gasteiger charge is -2.37. The molecule has 0 saturated carbocycles. The first-order valence-electron chi connectivity index (χ1n) is 10.4. The van der Waals surface area contributed by atoms with Gasteiger partial charge in [-0.05, 0) is 42.2 Å². The molecule has 2 aromatic carbocycles. The van der Waals surface area contributed by atoms with Crippen molar-refractivity contribution in [3.63, 3.8) is 0 Å². The number of anilines is 1. The van der Waals surface area contributed by atoms with Gasteiger partial charge in [0.2, 0.25) is 0 Å². The Morgan fingerprint density at radius 1 is 0.929 bits per heavy atom. The summed E-state index contributed by atoms with van der Waals surface area (Å²) >= 11 is 0. The monoisotopic (exact) mass is 382 g/mol. The van der Waals surface area contributed by atoms with Crippen molar-refractivity contribution in [2.45, 2.75) is 32.8 Å². The molecule has 1 heterocycles. The largest absolute Gasteiger partial charge is 0.491 e. The molecule has 28 heavy (non-hydrogen) atoms. The molecular weight excluding hydrogens is 348 g/mol. The number of hydrogen-bond acceptors (Lipinski definition) is 4. The lowest BCUT2D eigenvalue weighted by atomic mass is 10.0. The summed E-state index contributed by atoms with van der Waals surface area (Å²) in [6, 6.07) is 17.1. The SMILES string of the molecule is COC(COc1ccc(C(C)C)cc1)CN1CCN(c2ccccc2C)CC1. The molecular formula is C24H34N2O2. The van der Waals surface area contributed by atoms with Crippen LogP contribution in [0.25, 0.3) is 0 Å². The predicted molar refractivity (Wildman–Crippen MR) is 117 cm³/mol. The van der Waals surface area contributed by atoms with E-state index in [1.165, 1.54) is 16.8 Å². The molecule has 0 spiro atoms. The Morgan fingerprint density at radius 3 is 2.21 bits per heavy atom. The number of benzene rings is 2. The number of nitrogens with zero attached hydrogens (tertiary/aromatic N) is 2. The fourth-order valence-electron chi connectivity index (χ4n) is 3.71. The number of methoxy groups -OCH3 is 1. The first-order chi connectivity index (χ1) is 13.6. The van der Waals surface area contributed by atoms with Crippen LogP contribution in [-0.4, -0.2) is 57.4 Å². The van der Waals surface area contributed by atoms with Crippen LogP contribution in [-0.2, 0) is 4.74 Å². The third kappa shape index (κ3) is 5.49. The number of para-hydroxylation sites is 1. The highest BCUT2D eigenvalue weighted by Gasteiger charge is 2.21. The molecule has 4 heteroatoms. The molecule has 2 aromatic rings. The molecule has 4 nitrogen and oxygen atoms in total. The van der Waals surface area contributed by atoms with E-state index in [0.717, 1.165) is 38.5 Å². The number of piperazine rings is 1. The van der Waals surface area contributed by atoms with Crippen molar-refractivity contribution >= 4 is 5.69 Å². The molecule has 0 N–H and O–H groups in total. The fourth-order valence-corrected chi connectivity index (χ4v) is 3.71. The smallest absolute Gasteiger partial charge is 0.119 e. The summed E-state index contributed by atoms with van der Waals surface area (Å²) in [4.78, 5) is 4.97. The van der Waals surface area contributed by atoms with Gasteiger partial charge in [-0.2, -0.15) is 0 Å². The molecule has 1 aliphatic rings. The second-order valence-electron chi connectivity index (χ2n) is 7.97. The molecule has 0 aromatic heterocycles. The van der Waals surface area contributed by atoms with Gasteiger partial charge in [-0.1, -0.05) is 44.2 Å². The van der Waals surface area contributed by atoms with Crippen LogP contribution in [0.1, 0.15) is 30.9 Å². The van der Waals surface area contributed by atoms with E-state index in [9.17, 15) is 0 Å². The van der Waals surface area contributed by atoms with Gasteiger partial charge in [0.25, 0.3) is 0 Å². The maximum absolute atomic E-state index is 5.98. The molecule has 1 unspecified atom stereocenters. The Bertz CT molecular complexity index is 722. The zero-order valence-electron chi connectivity index (χ0n) is 17.7. The zero-order valence-corrected chi connectivity index (χ0v) is 17.7. The maximum Gasteiger partial charge on any atom is 0.119 e. The summed E-state index contributed by atoms with van der Waals surface area (Å²) in [5, 5.41) is 0. The van der Waals surface area contributed by atoms with Crippen molar-refractivity contribution < 1.29 is 9.47 Å². The zero-order chi connectivity index (χ0) is 19.9. The quantitative estimate of drug-likeness (QED) is 0.678. The fraction of sp³-hybridized carbons (Fsp3) is 0.500. The van der Waals surface area contributed by atoms with Gasteiger partial charge in [-0.3, -0.25) is 4.90 Å². The van der Waals surface area contributed by atoms with E-state index in [1.54, 1.807) is 7.11 Å². The number of aryl methyl sites for hydroxylation is 1. The minimum atomic E-state index is 0.0785. The highest BCUT2D eigenvalue weighted by Crippen LogP contribution is 2.21. The predicted octanol–water partition coefficient (Wildman–Crippen LogP) is 4.33. The number of rotatable bonds is 8. The highest BCUT2D eigenvalue weighted by atomic mass is 16.5. The Balaban J connectivity index is 1.46. The van der Waals surface area contributed by atoms with Gasteiger partial charge in [0.05, 0.1) is 0 Å². The summed E-state index contributed by atoms with van der Waals surface area (Å²) in [7, 11) is 1.78. The highest BCUT2D eigenvalue weighted by molar-refractivity contribution is 5.53. The first kappa shape index (κ1) is 20.7. The summed E-state index contributed by atoms with van der Waals surface area (Å²) in [6.45, 7) is 12.3. The number of ether oxygens (including phenoxy) is 2. The second kappa shape index (κ2) is 9.94. The Hall–Kier alpha value is -2.04. The van der Waals surface area contributed by atoms with Gasteiger partial charge in [0.15, 0.2) is 0 Å². The summed E-state index contributed by atoms with van der Waals surface area (Å²) < 4.78 is 11.7. The lowest BCUT2D eigenvalue weighted by molar-refractivity contribution is 0.0281. The van der Waals surface area contributed by atoms with Crippen molar-refractivity contribution in [2.75, 3.05) is 51.3 Å². The van der Waals surface area contributed by atoms with Crippen molar-refractivity contribution in [1.29, 1.82) is 0 Å². The van der Waals surface area contributed by atoms with Crippen LogP contribution in [0.4, 0.5) is 5.69 Å². The third-order valence-electron chi connectivity index (χ3n) is 5.61. The molecule has 1 aliphatic heterocycles. The Labute approximate surface area is 170 Å². The van der Waals surface area contributed by atoms with Gasteiger partial charge < -0.3 is 14.4 Å².